The smallest absolute Gasteiger partial charge is 0.341 e. The van der Waals surface area contributed by atoms with E-state index >= 15 is 0 Å². The van der Waals surface area contributed by atoms with Crippen LogP contribution in [0.5, 0.6) is 0 Å². The van der Waals surface area contributed by atoms with E-state index in [4.69, 9.17) is 5.11 Å². The first-order chi connectivity index (χ1) is 10.1. The third-order valence-corrected chi connectivity index (χ3v) is 4.94. The predicted molar refractivity (Wildman–Crippen MR) is 81.8 cm³/mol. The van der Waals surface area contributed by atoms with Gasteiger partial charge in [0.05, 0.1) is 6.20 Å². The van der Waals surface area contributed by atoms with Crippen LogP contribution in [0.25, 0.3) is 5.65 Å². The fourth-order valence-electron chi connectivity index (χ4n) is 2.69. The standard InChI is InChI=1S/C14H18N4O2S/c1-17(11-2-4-21-5-3-11)8-10-6-15-13-12(14(19)20)7-16-18(13)9-10/h6-7,9,11H,2-5,8H2,1H3,(H,19,20). The Morgan fingerprint density at radius 2 is 2.24 bits per heavy atom. The molecule has 2 aromatic rings. The van der Waals surface area contributed by atoms with Crippen molar-refractivity contribution in [1.82, 2.24) is 19.5 Å². The van der Waals surface area contributed by atoms with E-state index in [2.05, 4.69) is 22.0 Å². The Kier molecular flexibility index (Phi) is 4.12. The molecule has 2 aromatic heterocycles. The first-order valence-electron chi connectivity index (χ1n) is 6.98. The Hall–Kier alpha value is -1.60. The number of carboxylic acids is 1. The van der Waals surface area contributed by atoms with Crippen molar-refractivity contribution < 1.29 is 9.90 Å². The molecule has 112 valence electrons. The number of hydrogen-bond donors (Lipinski definition) is 1. The molecule has 0 spiro atoms. The molecule has 0 unspecified atom stereocenters. The van der Waals surface area contributed by atoms with Crippen LogP contribution in [-0.4, -0.2) is 55.2 Å². The van der Waals surface area contributed by atoms with Crippen molar-refractivity contribution in [3.8, 4) is 0 Å². The second kappa shape index (κ2) is 6.03. The molecule has 1 fully saturated rings. The van der Waals surface area contributed by atoms with Gasteiger partial charge >= 0.3 is 5.97 Å². The highest BCUT2D eigenvalue weighted by atomic mass is 32.2. The van der Waals surface area contributed by atoms with E-state index in [0.29, 0.717) is 11.7 Å². The van der Waals surface area contributed by atoms with Crippen LogP contribution in [0, 0.1) is 0 Å². The lowest BCUT2D eigenvalue weighted by atomic mass is 10.1. The van der Waals surface area contributed by atoms with Crippen molar-refractivity contribution in [2.24, 2.45) is 0 Å². The van der Waals surface area contributed by atoms with Crippen molar-refractivity contribution >= 4 is 23.4 Å². The topological polar surface area (TPSA) is 70.7 Å². The van der Waals surface area contributed by atoms with Gasteiger partial charge in [0.1, 0.15) is 5.56 Å². The molecule has 21 heavy (non-hydrogen) atoms. The highest BCUT2D eigenvalue weighted by Crippen LogP contribution is 2.22. The Morgan fingerprint density at radius 1 is 1.48 bits per heavy atom. The average Bonchev–Trinajstić information content (AvgIpc) is 2.91. The number of nitrogens with zero attached hydrogens (tertiary/aromatic N) is 4. The van der Waals surface area contributed by atoms with E-state index in [1.807, 2.05) is 18.0 Å². The van der Waals surface area contributed by atoms with Gasteiger partial charge in [0.15, 0.2) is 5.65 Å². The van der Waals surface area contributed by atoms with Crippen molar-refractivity contribution in [1.29, 1.82) is 0 Å². The van der Waals surface area contributed by atoms with Gasteiger partial charge in [-0.2, -0.15) is 16.9 Å². The summed E-state index contributed by atoms with van der Waals surface area (Å²) in [4.78, 5) is 17.6. The quantitative estimate of drug-likeness (QED) is 0.928. The fourth-order valence-corrected chi connectivity index (χ4v) is 3.77. The zero-order valence-corrected chi connectivity index (χ0v) is 12.7. The molecular weight excluding hydrogens is 288 g/mol. The SMILES string of the molecule is CN(Cc1cnc2c(C(=O)O)cnn2c1)C1CCSCC1. The Labute approximate surface area is 127 Å². The molecule has 0 amide bonds. The Bertz CT molecular complexity index is 651. The number of thioether (sulfide) groups is 1. The van der Waals surface area contributed by atoms with Gasteiger partial charge in [-0.3, -0.25) is 4.90 Å². The predicted octanol–water partition coefficient (Wildman–Crippen LogP) is 1.75. The molecule has 0 bridgehead atoms. The normalized spacial score (nSPS) is 16.7. The number of rotatable bonds is 4. The summed E-state index contributed by atoms with van der Waals surface area (Å²) >= 11 is 2.02. The number of carboxylic acid groups (broad SMARTS) is 1. The number of aromatic carboxylic acids is 1. The van der Waals surface area contributed by atoms with Gasteiger partial charge in [0, 0.05) is 30.5 Å². The van der Waals surface area contributed by atoms with Crippen LogP contribution in [0.2, 0.25) is 0 Å². The summed E-state index contributed by atoms with van der Waals surface area (Å²) in [7, 11) is 2.14. The molecule has 0 radical (unpaired) electrons. The maximum atomic E-state index is 11.0. The van der Waals surface area contributed by atoms with Crippen LogP contribution in [0.15, 0.2) is 18.6 Å². The molecule has 0 atom stereocenters. The lowest BCUT2D eigenvalue weighted by Gasteiger charge is -2.30. The first kappa shape index (κ1) is 14.3. The maximum Gasteiger partial charge on any atom is 0.341 e. The number of fused-ring (bicyclic) bond motifs is 1. The van der Waals surface area contributed by atoms with Gasteiger partial charge in [-0.25, -0.2) is 14.3 Å². The van der Waals surface area contributed by atoms with E-state index < -0.39 is 5.97 Å². The minimum Gasteiger partial charge on any atom is -0.477 e. The largest absolute Gasteiger partial charge is 0.477 e. The van der Waals surface area contributed by atoms with Gasteiger partial charge in [0.2, 0.25) is 0 Å². The summed E-state index contributed by atoms with van der Waals surface area (Å²) in [5.74, 6) is 1.46. The van der Waals surface area contributed by atoms with Crippen molar-refractivity contribution in [3.05, 3.63) is 29.7 Å². The van der Waals surface area contributed by atoms with E-state index in [1.54, 1.807) is 10.7 Å². The summed E-state index contributed by atoms with van der Waals surface area (Å²) < 4.78 is 1.54. The fraction of sp³-hybridized carbons (Fsp3) is 0.500. The van der Waals surface area contributed by atoms with Gasteiger partial charge < -0.3 is 5.11 Å². The zero-order chi connectivity index (χ0) is 14.8. The Morgan fingerprint density at radius 3 is 2.95 bits per heavy atom. The molecule has 1 saturated heterocycles. The zero-order valence-electron chi connectivity index (χ0n) is 11.9. The lowest BCUT2D eigenvalue weighted by molar-refractivity contribution is 0.0698. The van der Waals surface area contributed by atoms with E-state index in [9.17, 15) is 4.79 Å². The van der Waals surface area contributed by atoms with Crippen LogP contribution in [0.1, 0.15) is 28.8 Å². The van der Waals surface area contributed by atoms with Gasteiger partial charge in [-0.05, 0) is 31.4 Å². The number of carbonyl (C=O) groups is 1. The maximum absolute atomic E-state index is 11.0. The summed E-state index contributed by atoms with van der Waals surface area (Å²) in [5, 5.41) is 13.1. The minimum atomic E-state index is -0.998. The molecule has 1 aliphatic heterocycles. The van der Waals surface area contributed by atoms with Crippen molar-refractivity contribution in [2.45, 2.75) is 25.4 Å². The first-order valence-corrected chi connectivity index (χ1v) is 8.14. The molecular formula is C14H18N4O2S. The van der Waals surface area contributed by atoms with Crippen LogP contribution in [0.3, 0.4) is 0 Å². The average molecular weight is 306 g/mol. The summed E-state index contributed by atoms with van der Waals surface area (Å²) in [6, 6.07) is 0.620. The third kappa shape index (κ3) is 3.03. The second-order valence-electron chi connectivity index (χ2n) is 5.35. The lowest BCUT2D eigenvalue weighted by Crippen LogP contribution is -2.34. The number of aromatic nitrogens is 3. The van der Waals surface area contributed by atoms with Crippen LogP contribution < -0.4 is 0 Å². The molecule has 0 aliphatic carbocycles. The van der Waals surface area contributed by atoms with Gasteiger partial charge in [-0.15, -0.1) is 0 Å². The molecule has 3 heterocycles. The molecule has 3 rings (SSSR count). The molecule has 0 aromatic carbocycles. The van der Waals surface area contributed by atoms with E-state index in [1.165, 1.54) is 30.5 Å². The molecule has 0 saturated carbocycles. The minimum absolute atomic E-state index is 0.138. The highest BCUT2D eigenvalue weighted by Gasteiger charge is 2.19. The summed E-state index contributed by atoms with van der Waals surface area (Å²) in [5.41, 5.74) is 1.57. The van der Waals surface area contributed by atoms with Crippen LogP contribution in [-0.2, 0) is 6.54 Å². The van der Waals surface area contributed by atoms with Gasteiger partial charge in [-0.1, -0.05) is 0 Å². The second-order valence-corrected chi connectivity index (χ2v) is 6.58. The van der Waals surface area contributed by atoms with Crippen molar-refractivity contribution in [3.63, 3.8) is 0 Å². The van der Waals surface area contributed by atoms with Crippen LogP contribution in [0.4, 0.5) is 0 Å². The van der Waals surface area contributed by atoms with Crippen molar-refractivity contribution in [2.75, 3.05) is 18.6 Å². The Balaban J connectivity index is 1.76. The molecule has 1 N–H and O–H groups in total. The molecule has 1 aliphatic rings. The van der Waals surface area contributed by atoms with Crippen LogP contribution >= 0.6 is 11.8 Å². The number of hydrogen-bond acceptors (Lipinski definition) is 5. The molecule has 6 nitrogen and oxygen atoms in total. The van der Waals surface area contributed by atoms with Gasteiger partial charge in [0.25, 0.3) is 0 Å². The summed E-state index contributed by atoms with van der Waals surface area (Å²) in [6.07, 6.45) is 7.40. The molecule has 7 heteroatoms. The monoisotopic (exact) mass is 306 g/mol. The third-order valence-electron chi connectivity index (χ3n) is 3.89. The highest BCUT2D eigenvalue weighted by molar-refractivity contribution is 7.99. The summed E-state index contributed by atoms with van der Waals surface area (Å²) in [6.45, 7) is 0.806. The van der Waals surface area contributed by atoms with E-state index in [-0.39, 0.29) is 5.56 Å². The van der Waals surface area contributed by atoms with E-state index in [0.717, 1.165) is 12.1 Å².